The van der Waals surface area contributed by atoms with Gasteiger partial charge in [-0.3, -0.25) is 9.69 Å². The number of piperidine rings is 1. The van der Waals surface area contributed by atoms with E-state index in [-0.39, 0.29) is 11.9 Å². The van der Waals surface area contributed by atoms with Crippen molar-refractivity contribution in [2.45, 2.75) is 38.6 Å². The van der Waals surface area contributed by atoms with Crippen molar-refractivity contribution in [2.24, 2.45) is 5.92 Å². The lowest BCUT2D eigenvalue weighted by Crippen LogP contribution is -2.47. The van der Waals surface area contributed by atoms with Gasteiger partial charge in [0.25, 0.3) is 5.91 Å². The lowest BCUT2D eigenvalue weighted by molar-refractivity contribution is -0.133. The first-order valence-electron chi connectivity index (χ1n) is 8.49. The monoisotopic (exact) mass is 315 g/mol. The maximum Gasteiger partial charge on any atom is 0.326 e. The second-order valence-electron chi connectivity index (χ2n) is 6.75. The molecule has 1 N–H and O–H groups in total. The van der Waals surface area contributed by atoms with Gasteiger partial charge in [-0.15, -0.1) is 0 Å². The Morgan fingerprint density at radius 2 is 2.00 bits per heavy atom. The van der Waals surface area contributed by atoms with Crippen LogP contribution in [0.15, 0.2) is 30.3 Å². The van der Waals surface area contributed by atoms with Crippen molar-refractivity contribution in [3.8, 4) is 0 Å². The van der Waals surface area contributed by atoms with Crippen LogP contribution in [0.1, 0.15) is 38.7 Å². The van der Waals surface area contributed by atoms with E-state index in [1.807, 2.05) is 37.3 Å². The summed E-state index contributed by atoms with van der Waals surface area (Å²) < 4.78 is 0. The highest BCUT2D eigenvalue weighted by atomic mass is 16.2. The fourth-order valence-electron chi connectivity index (χ4n) is 3.73. The van der Waals surface area contributed by atoms with E-state index in [4.69, 9.17) is 0 Å². The molecule has 0 radical (unpaired) electrons. The predicted molar refractivity (Wildman–Crippen MR) is 88.6 cm³/mol. The fourth-order valence-corrected chi connectivity index (χ4v) is 3.73. The van der Waals surface area contributed by atoms with Crippen LogP contribution in [0.3, 0.4) is 0 Å². The number of imide groups is 1. The Kier molecular flexibility index (Phi) is 4.39. The third kappa shape index (κ3) is 2.85. The standard InChI is InChI=1S/C18H25N3O2/c1-3-18(15-9-5-4-6-10-15)16(22)21(17(23)19-18)13-20-11-7-8-14(2)12-20/h4-6,9-10,14H,3,7-8,11-13H2,1-2H3,(H,19,23)/t14-,18-/m0/s1. The third-order valence-electron chi connectivity index (χ3n) is 5.06. The van der Waals surface area contributed by atoms with E-state index >= 15 is 0 Å². The van der Waals surface area contributed by atoms with Crippen molar-refractivity contribution >= 4 is 11.9 Å². The Bertz CT molecular complexity index is 589. The lowest BCUT2D eigenvalue weighted by Gasteiger charge is -2.33. The molecule has 2 atom stereocenters. The Labute approximate surface area is 137 Å². The van der Waals surface area contributed by atoms with Gasteiger partial charge in [-0.1, -0.05) is 44.2 Å². The first-order chi connectivity index (χ1) is 11.1. The second-order valence-corrected chi connectivity index (χ2v) is 6.75. The molecule has 2 aliphatic rings. The van der Waals surface area contributed by atoms with Crippen LogP contribution in [-0.2, 0) is 10.3 Å². The van der Waals surface area contributed by atoms with Crippen LogP contribution in [0.2, 0.25) is 0 Å². The van der Waals surface area contributed by atoms with Crippen molar-refractivity contribution in [1.82, 2.24) is 15.1 Å². The molecular weight excluding hydrogens is 290 g/mol. The van der Waals surface area contributed by atoms with Gasteiger partial charge in [0.15, 0.2) is 0 Å². The summed E-state index contributed by atoms with van der Waals surface area (Å²) in [7, 11) is 0. The molecule has 3 rings (SSSR count). The Balaban J connectivity index is 1.81. The van der Waals surface area contributed by atoms with Crippen molar-refractivity contribution in [3.05, 3.63) is 35.9 Å². The SMILES string of the molecule is CC[C@@]1(c2ccccc2)NC(=O)N(CN2CCC[C@H](C)C2)C1=O. The van der Waals surface area contributed by atoms with Gasteiger partial charge >= 0.3 is 6.03 Å². The summed E-state index contributed by atoms with van der Waals surface area (Å²) in [5, 5.41) is 2.94. The average Bonchev–Trinajstić information content (AvgIpc) is 2.81. The highest BCUT2D eigenvalue weighted by Gasteiger charge is 2.51. The molecule has 0 bridgehead atoms. The summed E-state index contributed by atoms with van der Waals surface area (Å²) in [5.74, 6) is 0.490. The van der Waals surface area contributed by atoms with Crippen LogP contribution in [0, 0.1) is 5.92 Å². The topological polar surface area (TPSA) is 52.7 Å². The summed E-state index contributed by atoms with van der Waals surface area (Å²) in [6.07, 6.45) is 2.90. The maximum atomic E-state index is 13.0. The van der Waals surface area contributed by atoms with Crippen LogP contribution in [0.5, 0.6) is 0 Å². The van der Waals surface area contributed by atoms with Crippen molar-refractivity contribution in [2.75, 3.05) is 19.8 Å². The molecule has 0 unspecified atom stereocenters. The minimum absolute atomic E-state index is 0.130. The minimum atomic E-state index is -0.917. The smallest absolute Gasteiger partial charge is 0.319 e. The van der Waals surface area contributed by atoms with Gasteiger partial charge < -0.3 is 5.32 Å². The number of nitrogens with zero attached hydrogens (tertiary/aromatic N) is 2. The van der Waals surface area contributed by atoms with Crippen molar-refractivity contribution < 1.29 is 9.59 Å². The molecule has 3 amide bonds. The number of urea groups is 1. The van der Waals surface area contributed by atoms with E-state index in [0.717, 1.165) is 25.1 Å². The van der Waals surface area contributed by atoms with Crippen molar-refractivity contribution in [3.63, 3.8) is 0 Å². The number of carbonyl (C=O) groups excluding carboxylic acids is 2. The Morgan fingerprint density at radius 3 is 2.65 bits per heavy atom. The van der Waals surface area contributed by atoms with Gasteiger partial charge in [-0.25, -0.2) is 9.69 Å². The summed E-state index contributed by atoms with van der Waals surface area (Å²) in [4.78, 5) is 29.1. The molecule has 1 aromatic carbocycles. The number of nitrogens with one attached hydrogen (secondary N) is 1. The highest BCUT2D eigenvalue weighted by molar-refractivity contribution is 6.07. The number of hydrogen-bond acceptors (Lipinski definition) is 3. The minimum Gasteiger partial charge on any atom is -0.319 e. The van der Waals surface area contributed by atoms with Gasteiger partial charge in [-0.05, 0) is 37.3 Å². The number of rotatable bonds is 4. The van der Waals surface area contributed by atoms with E-state index in [1.54, 1.807) is 0 Å². The molecule has 5 heteroatoms. The maximum absolute atomic E-state index is 13.0. The molecule has 2 fully saturated rings. The number of carbonyl (C=O) groups is 2. The first kappa shape index (κ1) is 16.0. The highest BCUT2D eigenvalue weighted by Crippen LogP contribution is 2.32. The lowest BCUT2D eigenvalue weighted by atomic mass is 9.87. The van der Waals surface area contributed by atoms with Crippen LogP contribution >= 0.6 is 0 Å². The summed E-state index contributed by atoms with van der Waals surface area (Å²) in [5.41, 5.74) is -0.0601. The number of likely N-dealkylation sites (tertiary alicyclic amines) is 1. The zero-order valence-electron chi connectivity index (χ0n) is 13.9. The van der Waals surface area contributed by atoms with Gasteiger partial charge in [0.2, 0.25) is 0 Å². The molecule has 0 saturated carbocycles. The Morgan fingerprint density at radius 1 is 1.26 bits per heavy atom. The molecule has 5 nitrogen and oxygen atoms in total. The van der Waals surface area contributed by atoms with Crippen LogP contribution in [0.4, 0.5) is 4.79 Å². The molecule has 0 aliphatic carbocycles. The first-order valence-corrected chi connectivity index (χ1v) is 8.49. The van der Waals surface area contributed by atoms with Gasteiger partial charge in [0, 0.05) is 6.54 Å². The average molecular weight is 315 g/mol. The van der Waals surface area contributed by atoms with Crippen LogP contribution < -0.4 is 5.32 Å². The molecule has 0 aromatic heterocycles. The zero-order chi connectivity index (χ0) is 16.4. The van der Waals surface area contributed by atoms with E-state index in [0.29, 0.717) is 19.0 Å². The van der Waals surface area contributed by atoms with Gasteiger partial charge in [0.05, 0.1) is 6.67 Å². The largest absolute Gasteiger partial charge is 0.326 e. The number of hydrogen-bond donors (Lipinski definition) is 1. The molecular formula is C18H25N3O2. The number of amides is 3. The molecule has 124 valence electrons. The van der Waals surface area contributed by atoms with E-state index in [9.17, 15) is 9.59 Å². The molecule has 2 heterocycles. The van der Waals surface area contributed by atoms with E-state index < -0.39 is 5.54 Å². The van der Waals surface area contributed by atoms with E-state index in [2.05, 4.69) is 17.1 Å². The fraction of sp³-hybridized carbons (Fsp3) is 0.556. The summed E-state index contributed by atoms with van der Waals surface area (Å²) in [6, 6.07) is 9.27. The summed E-state index contributed by atoms with van der Waals surface area (Å²) >= 11 is 0. The molecule has 23 heavy (non-hydrogen) atoms. The normalized spacial score (nSPS) is 29.0. The molecule has 2 aliphatic heterocycles. The second kappa shape index (κ2) is 6.32. The van der Waals surface area contributed by atoms with E-state index in [1.165, 1.54) is 11.3 Å². The Hall–Kier alpha value is -1.88. The molecule has 2 saturated heterocycles. The zero-order valence-corrected chi connectivity index (χ0v) is 13.9. The third-order valence-corrected chi connectivity index (χ3v) is 5.06. The van der Waals surface area contributed by atoms with Crippen LogP contribution in [-0.4, -0.2) is 41.5 Å². The summed E-state index contributed by atoms with van der Waals surface area (Å²) in [6.45, 7) is 6.45. The van der Waals surface area contributed by atoms with Gasteiger partial charge in [0.1, 0.15) is 5.54 Å². The molecule has 0 spiro atoms. The predicted octanol–water partition coefficient (Wildman–Crippen LogP) is 2.53. The quantitative estimate of drug-likeness (QED) is 0.869. The number of benzene rings is 1. The van der Waals surface area contributed by atoms with Crippen LogP contribution in [0.25, 0.3) is 0 Å². The van der Waals surface area contributed by atoms with Gasteiger partial charge in [-0.2, -0.15) is 0 Å². The van der Waals surface area contributed by atoms with Crippen molar-refractivity contribution in [1.29, 1.82) is 0 Å². The molecule has 1 aromatic rings.